The standard InChI is InChI=1S/C22H23N3O2/c1-2-19-11-5-6-13-25(19)22(27)17-10-7-9-16(14-17)21(26)24-20-12-4-3-8-18(20)15-23/h3-4,7-10,12,14,19H,2,5-6,11,13H2,1H3,(H,24,26). The first-order chi connectivity index (χ1) is 13.1. The Morgan fingerprint density at radius 3 is 2.70 bits per heavy atom. The van der Waals surface area contributed by atoms with Crippen molar-refractivity contribution in [3.63, 3.8) is 0 Å². The quantitative estimate of drug-likeness (QED) is 0.886. The summed E-state index contributed by atoms with van der Waals surface area (Å²) in [5, 5.41) is 11.9. The maximum atomic E-state index is 13.0. The summed E-state index contributed by atoms with van der Waals surface area (Å²) >= 11 is 0. The van der Waals surface area contributed by atoms with Gasteiger partial charge in [0.2, 0.25) is 0 Å². The van der Waals surface area contributed by atoms with Gasteiger partial charge in [-0.2, -0.15) is 5.26 Å². The van der Waals surface area contributed by atoms with E-state index in [9.17, 15) is 9.59 Å². The van der Waals surface area contributed by atoms with E-state index < -0.39 is 0 Å². The lowest BCUT2D eigenvalue weighted by Gasteiger charge is -2.35. The predicted octanol–water partition coefficient (Wildman–Crippen LogP) is 4.22. The number of hydrogen-bond donors (Lipinski definition) is 1. The highest BCUT2D eigenvalue weighted by molar-refractivity contribution is 6.06. The molecule has 0 radical (unpaired) electrons. The Kier molecular flexibility index (Phi) is 5.87. The predicted molar refractivity (Wildman–Crippen MR) is 105 cm³/mol. The Balaban J connectivity index is 1.79. The van der Waals surface area contributed by atoms with E-state index in [4.69, 9.17) is 5.26 Å². The summed E-state index contributed by atoms with van der Waals surface area (Å²) in [6.07, 6.45) is 4.15. The van der Waals surface area contributed by atoms with Crippen molar-refractivity contribution >= 4 is 17.5 Å². The smallest absolute Gasteiger partial charge is 0.255 e. The van der Waals surface area contributed by atoms with E-state index in [-0.39, 0.29) is 17.9 Å². The van der Waals surface area contributed by atoms with Crippen LogP contribution in [0.25, 0.3) is 0 Å². The molecule has 27 heavy (non-hydrogen) atoms. The molecule has 2 aromatic rings. The maximum Gasteiger partial charge on any atom is 0.255 e. The van der Waals surface area contributed by atoms with Gasteiger partial charge < -0.3 is 10.2 Å². The number of anilines is 1. The number of hydrogen-bond acceptors (Lipinski definition) is 3. The minimum atomic E-state index is -0.335. The lowest BCUT2D eigenvalue weighted by Crippen LogP contribution is -2.43. The molecule has 1 aliphatic heterocycles. The molecule has 1 unspecified atom stereocenters. The van der Waals surface area contributed by atoms with Gasteiger partial charge in [-0.15, -0.1) is 0 Å². The van der Waals surface area contributed by atoms with E-state index in [0.29, 0.717) is 22.4 Å². The van der Waals surface area contributed by atoms with Gasteiger partial charge in [0.15, 0.2) is 0 Å². The van der Waals surface area contributed by atoms with Gasteiger partial charge >= 0.3 is 0 Å². The van der Waals surface area contributed by atoms with Crippen LogP contribution in [0, 0.1) is 11.3 Å². The van der Waals surface area contributed by atoms with Gasteiger partial charge in [0.1, 0.15) is 6.07 Å². The van der Waals surface area contributed by atoms with Crippen molar-refractivity contribution in [1.29, 1.82) is 5.26 Å². The van der Waals surface area contributed by atoms with Gasteiger partial charge in [-0.1, -0.05) is 25.1 Å². The van der Waals surface area contributed by atoms with Crippen LogP contribution in [0.2, 0.25) is 0 Å². The molecular weight excluding hydrogens is 338 g/mol. The van der Waals surface area contributed by atoms with Gasteiger partial charge in [0.05, 0.1) is 11.3 Å². The number of carbonyl (C=O) groups excluding carboxylic acids is 2. The van der Waals surface area contributed by atoms with Crippen LogP contribution in [-0.4, -0.2) is 29.3 Å². The molecule has 5 nitrogen and oxygen atoms in total. The van der Waals surface area contributed by atoms with Crippen LogP contribution in [0.1, 0.15) is 58.9 Å². The molecule has 1 N–H and O–H groups in total. The first kappa shape index (κ1) is 18.7. The summed E-state index contributed by atoms with van der Waals surface area (Å²) in [7, 11) is 0. The number of benzene rings is 2. The molecule has 2 amide bonds. The minimum absolute atomic E-state index is 0.0198. The fourth-order valence-electron chi connectivity index (χ4n) is 3.54. The summed E-state index contributed by atoms with van der Waals surface area (Å²) in [5.41, 5.74) is 1.79. The van der Waals surface area contributed by atoms with E-state index in [0.717, 1.165) is 32.2 Å². The number of carbonyl (C=O) groups is 2. The molecule has 0 saturated carbocycles. The Morgan fingerprint density at radius 1 is 1.15 bits per heavy atom. The first-order valence-corrected chi connectivity index (χ1v) is 9.35. The Morgan fingerprint density at radius 2 is 1.93 bits per heavy atom. The van der Waals surface area contributed by atoms with E-state index in [1.54, 1.807) is 48.5 Å². The summed E-state index contributed by atoms with van der Waals surface area (Å²) in [6, 6.07) is 16.0. The zero-order valence-electron chi connectivity index (χ0n) is 15.4. The van der Waals surface area contributed by atoms with Gasteiger partial charge in [-0.3, -0.25) is 9.59 Å². The molecule has 1 fully saturated rings. The van der Waals surface area contributed by atoms with Crippen molar-refractivity contribution in [2.24, 2.45) is 0 Å². The zero-order chi connectivity index (χ0) is 19.2. The van der Waals surface area contributed by atoms with Gasteiger partial charge in [0, 0.05) is 23.7 Å². The fraction of sp³-hybridized carbons (Fsp3) is 0.318. The van der Waals surface area contributed by atoms with Crippen molar-refractivity contribution < 1.29 is 9.59 Å². The SMILES string of the molecule is CCC1CCCCN1C(=O)c1cccc(C(=O)Nc2ccccc2C#N)c1. The Labute approximate surface area is 159 Å². The minimum Gasteiger partial charge on any atom is -0.336 e. The third-order valence-corrected chi connectivity index (χ3v) is 5.03. The summed E-state index contributed by atoms with van der Waals surface area (Å²) < 4.78 is 0. The van der Waals surface area contributed by atoms with Crippen molar-refractivity contribution in [2.45, 2.75) is 38.6 Å². The van der Waals surface area contributed by atoms with E-state index >= 15 is 0 Å². The third-order valence-electron chi connectivity index (χ3n) is 5.03. The molecule has 2 aromatic carbocycles. The van der Waals surface area contributed by atoms with Crippen LogP contribution in [0.15, 0.2) is 48.5 Å². The molecular formula is C22H23N3O2. The van der Waals surface area contributed by atoms with E-state index in [1.807, 2.05) is 4.90 Å². The number of para-hydroxylation sites is 1. The number of rotatable bonds is 4. The van der Waals surface area contributed by atoms with Gasteiger partial charge in [0.25, 0.3) is 11.8 Å². The fourth-order valence-corrected chi connectivity index (χ4v) is 3.54. The Hall–Kier alpha value is -3.13. The van der Waals surface area contributed by atoms with Crippen LogP contribution in [0.4, 0.5) is 5.69 Å². The van der Waals surface area contributed by atoms with Crippen LogP contribution >= 0.6 is 0 Å². The largest absolute Gasteiger partial charge is 0.336 e. The van der Waals surface area contributed by atoms with Gasteiger partial charge in [-0.05, 0) is 56.0 Å². The molecule has 0 aromatic heterocycles. The number of likely N-dealkylation sites (tertiary alicyclic amines) is 1. The molecule has 0 aliphatic carbocycles. The number of nitriles is 1. The van der Waals surface area contributed by atoms with Crippen LogP contribution < -0.4 is 5.32 Å². The normalized spacial score (nSPS) is 16.4. The van der Waals surface area contributed by atoms with Crippen molar-refractivity contribution in [1.82, 2.24) is 4.90 Å². The second-order valence-corrected chi connectivity index (χ2v) is 6.75. The van der Waals surface area contributed by atoms with Crippen molar-refractivity contribution in [3.05, 3.63) is 65.2 Å². The van der Waals surface area contributed by atoms with Crippen LogP contribution in [0.3, 0.4) is 0 Å². The van der Waals surface area contributed by atoms with E-state index in [1.165, 1.54) is 0 Å². The van der Waals surface area contributed by atoms with Crippen LogP contribution in [-0.2, 0) is 0 Å². The maximum absolute atomic E-state index is 13.0. The molecule has 138 valence electrons. The molecule has 5 heteroatoms. The highest BCUT2D eigenvalue weighted by atomic mass is 16.2. The number of nitrogens with zero attached hydrogens (tertiary/aromatic N) is 2. The van der Waals surface area contributed by atoms with Crippen molar-refractivity contribution in [3.8, 4) is 6.07 Å². The average Bonchev–Trinajstić information content (AvgIpc) is 2.73. The average molecular weight is 361 g/mol. The second-order valence-electron chi connectivity index (χ2n) is 6.75. The molecule has 0 spiro atoms. The van der Waals surface area contributed by atoms with Crippen LogP contribution in [0.5, 0.6) is 0 Å². The van der Waals surface area contributed by atoms with Crippen molar-refractivity contribution in [2.75, 3.05) is 11.9 Å². The highest BCUT2D eigenvalue weighted by Crippen LogP contribution is 2.22. The first-order valence-electron chi connectivity index (χ1n) is 9.35. The lowest BCUT2D eigenvalue weighted by atomic mass is 9.98. The molecule has 1 atom stereocenters. The summed E-state index contributed by atoms with van der Waals surface area (Å²) in [6.45, 7) is 2.87. The summed E-state index contributed by atoms with van der Waals surface area (Å²) in [5.74, 6) is -0.355. The molecule has 1 saturated heterocycles. The molecule has 1 aliphatic rings. The summed E-state index contributed by atoms with van der Waals surface area (Å²) in [4.78, 5) is 27.5. The number of nitrogens with one attached hydrogen (secondary N) is 1. The molecule has 0 bridgehead atoms. The lowest BCUT2D eigenvalue weighted by molar-refractivity contribution is 0.0608. The monoisotopic (exact) mass is 361 g/mol. The van der Waals surface area contributed by atoms with Gasteiger partial charge in [-0.25, -0.2) is 0 Å². The zero-order valence-corrected chi connectivity index (χ0v) is 15.4. The highest BCUT2D eigenvalue weighted by Gasteiger charge is 2.26. The Bertz CT molecular complexity index is 885. The molecule has 1 heterocycles. The molecule has 3 rings (SSSR count). The van der Waals surface area contributed by atoms with E-state index in [2.05, 4.69) is 18.3 Å². The third kappa shape index (κ3) is 4.17. The number of amides is 2. The second kappa shape index (κ2) is 8.50. The number of piperidine rings is 1. The topological polar surface area (TPSA) is 73.2 Å².